The zero-order valence-electron chi connectivity index (χ0n) is 15.4. The van der Waals surface area contributed by atoms with E-state index in [0.717, 1.165) is 33.8 Å². The van der Waals surface area contributed by atoms with E-state index in [2.05, 4.69) is 27.4 Å². The predicted octanol–water partition coefficient (Wildman–Crippen LogP) is 4.40. The lowest BCUT2D eigenvalue weighted by molar-refractivity contribution is 0.294. The highest BCUT2D eigenvalue weighted by Gasteiger charge is 2.07. The van der Waals surface area contributed by atoms with Crippen molar-refractivity contribution < 1.29 is 4.74 Å². The number of fused-ring (bicyclic) bond motifs is 1. The Morgan fingerprint density at radius 2 is 1.86 bits per heavy atom. The summed E-state index contributed by atoms with van der Waals surface area (Å²) >= 11 is 5.82. The molecule has 0 aliphatic rings. The lowest BCUT2D eigenvalue weighted by Crippen LogP contribution is -2.05. The highest BCUT2D eigenvalue weighted by molar-refractivity contribution is 6.30. The Hall–Kier alpha value is -3.25. The van der Waals surface area contributed by atoms with Crippen molar-refractivity contribution in [1.82, 2.24) is 14.5 Å². The fourth-order valence-corrected chi connectivity index (χ4v) is 3.02. The van der Waals surface area contributed by atoms with Crippen molar-refractivity contribution in [3.8, 4) is 5.88 Å². The van der Waals surface area contributed by atoms with Crippen molar-refractivity contribution >= 4 is 34.3 Å². The molecule has 0 aliphatic carbocycles. The summed E-state index contributed by atoms with van der Waals surface area (Å²) in [6, 6.07) is 17.5. The van der Waals surface area contributed by atoms with Crippen LogP contribution in [-0.4, -0.2) is 14.5 Å². The molecule has 142 valence electrons. The van der Waals surface area contributed by atoms with Crippen molar-refractivity contribution in [2.24, 2.45) is 7.05 Å². The third-order valence-corrected chi connectivity index (χ3v) is 4.69. The van der Waals surface area contributed by atoms with E-state index < -0.39 is 0 Å². The molecule has 0 bridgehead atoms. The van der Waals surface area contributed by atoms with E-state index >= 15 is 0 Å². The minimum Gasteiger partial charge on any atom is -0.473 e. The molecule has 0 aliphatic heterocycles. The summed E-state index contributed by atoms with van der Waals surface area (Å²) in [5.74, 6) is 1.36. The SMILES string of the molecule is Cn1c(NCc2ccc(COc3ccc(Cl)cn3)cc2)nc2ccc(N)cc21. The molecule has 0 saturated heterocycles. The summed E-state index contributed by atoms with van der Waals surface area (Å²) in [4.78, 5) is 8.74. The second kappa shape index (κ2) is 7.78. The minimum atomic E-state index is 0.453. The zero-order valence-corrected chi connectivity index (χ0v) is 16.1. The van der Waals surface area contributed by atoms with E-state index in [1.165, 1.54) is 0 Å². The number of aryl methyl sites for hydroxylation is 1. The van der Waals surface area contributed by atoms with Gasteiger partial charge < -0.3 is 20.4 Å². The maximum Gasteiger partial charge on any atom is 0.213 e. The van der Waals surface area contributed by atoms with Crippen LogP contribution < -0.4 is 15.8 Å². The first-order chi connectivity index (χ1) is 13.6. The van der Waals surface area contributed by atoms with Crippen molar-refractivity contribution in [3.05, 3.63) is 76.9 Å². The van der Waals surface area contributed by atoms with E-state index in [4.69, 9.17) is 22.1 Å². The van der Waals surface area contributed by atoms with Crippen LogP contribution >= 0.6 is 11.6 Å². The number of anilines is 2. The van der Waals surface area contributed by atoms with Crippen LogP contribution in [-0.2, 0) is 20.2 Å². The highest BCUT2D eigenvalue weighted by Crippen LogP contribution is 2.21. The van der Waals surface area contributed by atoms with Crippen LogP contribution in [0.15, 0.2) is 60.8 Å². The van der Waals surface area contributed by atoms with Gasteiger partial charge in [-0.05, 0) is 35.4 Å². The highest BCUT2D eigenvalue weighted by atomic mass is 35.5. The molecule has 0 unspecified atom stereocenters. The molecule has 0 spiro atoms. The monoisotopic (exact) mass is 393 g/mol. The first-order valence-corrected chi connectivity index (χ1v) is 9.24. The molecule has 4 rings (SSSR count). The summed E-state index contributed by atoms with van der Waals surface area (Å²) in [6.45, 7) is 1.13. The van der Waals surface area contributed by atoms with E-state index in [1.807, 2.05) is 41.9 Å². The summed E-state index contributed by atoms with van der Waals surface area (Å²) < 4.78 is 7.67. The topological polar surface area (TPSA) is 78.0 Å². The average Bonchev–Trinajstić information content (AvgIpc) is 3.02. The van der Waals surface area contributed by atoms with Crippen LogP contribution in [0.2, 0.25) is 5.02 Å². The Balaban J connectivity index is 1.37. The number of ether oxygens (including phenoxy) is 1. The molecule has 28 heavy (non-hydrogen) atoms. The van der Waals surface area contributed by atoms with Gasteiger partial charge in [-0.25, -0.2) is 9.97 Å². The number of nitrogens with two attached hydrogens (primary N) is 1. The fraction of sp³-hybridized carbons (Fsp3) is 0.143. The van der Waals surface area contributed by atoms with Crippen molar-refractivity contribution in [2.75, 3.05) is 11.1 Å². The van der Waals surface area contributed by atoms with E-state index in [1.54, 1.807) is 18.3 Å². The number of halogens is 1. The average molecular weight is 394 g/mol. The first-order valence-electron chi connectivity index (χ1n) is 8.86. The molecule has 2 aromatic carbocycles. The molecule has 0 atom stereocenters. The number of pyridine rings is 1. The number of benzene rings is 2. The van der Waals surface area contributed by atoms with E-state index in [9.17, 15) is 0 Å². The summed E-state index contributed by atoms with van der Waals surface area (Å²) in [5.41, 5.74) is 10.7. The predicted molar refractivity (Wildman–Crippen MR) is 112 cm³/mol. The van der Waals surface area contributed by atoms with Crippen LogP contribution in [0.5, 0.6) is 5.88 Å². The molecule has 2 aromatic heterocycles. The Morgan fingerprint density at radius 3 is 2.61 bits per heavy atom. The third-order valence-electron chi connectivity index (χ3n) is 4.47. The molecule has 0 radical (unpaired) electrons. The number of hydrogen-bond acceptors (Lipinski definition) is 5. The van der Waals surface area contributed by atoms with Gasteiger partial charge in [-0.15, -0.1) is 0 Å². The van der Waals surface area contributed by atoms with Gasteiger partial charge in [0, 0.05) is 31.5 Å². The minimum absolute atomic E-state index is 0.453. The number of aromatic nitrogens is 3. The van der Waals surface area contributed by atoms with Gasteiger partial charge in [0.1, 0.15) is 6.61 Å². The fourth-order valence-electron chi connectivity index (χ4n) is 2.90. The molecule has 6 nitrogen and oxygen atoms in total. The standard InChI is InChI=1S/C21H20ClN5O/c1-27-19-10-17(23)7-8-18(19)26-21(27)25-11-14-2-4-15(5-3-14)13-28-20-9-6-16(22)12-24-20/h2-10,12H,11,13,23H2,1H3,(H,25,26). The van der Waals surface area contributed by atoms with Gasteiger partial charge in [0.2, 0.25) is 11.8 Å². The normalized spacial score (nSPS) is 10.9. The largest absolute Gasteiger partial charge is 0.473 e. The second-order valence-electron chi connectivity index (χ2n) is 6.52. The van der Waals surface area contributed by atoms with Crippen LogP contribution in [0.25, 0.3) is 11.0 Å². The van der Waals surface area contributed by atoms with Crippen LogP contribution in [0, 0.1) is 0 Å². The van der Waals surface area contributed by atoms with E-state index in [-0.39, 0.29) is 0 Å². The van der Waals surface area contributed by atoms with Crippen molar-refractivity contribution in [2.45, 2.75) is 13.2 Å². The molecule has 0 saturated carbocycles. The van der Waals surface area contributed by atoms with Gasteiger partial charge >= 0.3 is 0 Å². The summed E-state index contributed by atoms with van der Waals surface area (Å²) in [6.07, 6.45) is 1.57. The first kappa shape index (κ1) is 18.1. The molecule has 7 heteroatoms. The van der Waals surface area contributed by atoms with Crippen LogP contribution in [0.1, 0.15) is 11.1 Å². The lowest BCUT2D eigenvalue weighted by atomic mass is 10.1. The Morgan fingerprint density at radius 1 is 1.07 bits per heavy atom. The molecular formula is C21H20ClN5O. The van der Waals surface area contributed by atoms with Crippen LogP contribution in [0.3, 0.4) is 0 Å². The molecular weight excluding hydrogens is 374 g/mol. The van der Waals surface area contributed by atoms with Crippen molar-refractivity contribution in [1.29, 1.82) is 0 Å². The lowest BCUT2D eigenvalue weighted by Gasteiger charge is -2.08. The molecule has 3 N–H and O–H groups in total. The van der Waals surface area contributed by atoms with Gasteiger partial charge in [-0.3, -0.25) is 0 Å². The number of imidazole rings is 1. The zero-order chi connectivity index (χ0) is 19.5. The van der Waals surface area contributed by atoms with Gasteiger partial charge in [0.15, 0.2) is 0 Å². The van der Waals surface area contributed by atoms with Crippen LogP contribution in [0.4, 0.5) is 11.6 Å². The smallest absolute Gasteiger partial charge is 0.213 e. The maximum absolute atomic E-state index is 5.87. The second-order valence-corrected chi connectivity index (χ2v) is 6.95. The maximum atomic E-state index is 5.87. The molecule has 2 heterocycles. The number of nitrogens with zero attached hydrogens (tertiary/aromatic N) is 3. The summed E-state index contributed by atoms with van der Waals surface area (Å²) in [5, 5.41) is 3.97. The Bertz CT molecular complexity index is 1090. The Kier molecular flexibility index (Phi) is 5.04. The summed E-state index contributed by atoms with van der Waals surface area (Å²) in [7, 11) is 1.97. The van der Waals surface area contributed by atoms with Gasteiger partial charge in [0.05, 0.1) is 16.1 Å². The third kappa shape index (κ3) is 4.02. The molecule has 4 aromatic rings. The number of nitrogens with one attached hydrogen (secondary N) is 1. The van der Waals surface area contributed by atoms with Gasteiger partial charge in [0.25, 0.3) is 0 Å². The molecule has 0 fully saturated rings. The quantitative estimate of drug-likeness (QED) is 0.475. The van der Waals surface area contributed by atoms with Gasteiger partial charge in [-0.2, -0.15) is 0 Å². The van der Waals surface area contributed by atoms with E-state index in [0.29, 0.717) is 24.1 Å². The number of rotatable bonds is 6. The Labute approximate surface area is 167 Å². The number of nitrogen functional groups attached to an aromatic ring is 1. The van der Waals surface area contributed by atoms with Gasteiger partial charge in [-0.1, -0.05) is 35.9 Å². The number of hydrogen-bond donors (Lipinski definition) is 2. The van der Waals surface area contributed by atoms with Crippen molar-refractivity contribution in [3.63, 3.8) is 0 Å². The molecule has 0 amide bonds.